The zero-order valence-corrected chi connectivity index (χ0v) is 11.7. The molecule has 2 aromatic carbocycles. The van der Waals surface area contributed by atoms with Gasteiger partial charge in [-0.15, -0.1) is 0 Å². The lowest BCUT2D eigenvalue weighted by molar-refractivity contribution is 0.322. The van der Waals surface area contributed by atoms with Crippen LogP contribution in [-0.4, -0.2) is 29.5 Å². The number of phenolic OH excluding ortho intramolecular Hbond substituents is 3. The fourth-order valence-electron chi connectivity index (χ4n) is 1.95. The van der Waals surface area contributed by atoms with E-state index in [4.69, 9.17) is 9.47 Å². The lowest BCUT2D eigenvalue weighted by atomic mass is 10.1. The SMILES string of the molecule is COc1c(O)cc(C=Cc2ccc(O)cc2)c(OC)c1O. The quantitative estimate of drug-likeness (QED) is 0.754. The molecule has 0 aliphatic rings. The van der Waals surface area contributed by atoms with Crippen LogP contribution in [0, 0.1) is 0 Å². The van der Waals surface area contributed by atoms with Gasteiger partial charge in [0.1, 0.15) is 5.75 Å². The summed E-state index contributed by atoms with van der Waals surface area (Å²) in [7, 11) is 2.77. The van der Waals surface area contributed by atoms with Gasteiger partial charge in [-0.1, -0.05) is 24.3 Å². The van der Waals surface area contributed by atoms with Crippen molar-refractivity contribution in [1.82, 2.24) is 0 Å². The van der Waals surface area contributed by atoms with E-state index >= 15 is 0 Å². The van der Waals surface area contributed by atoms with E-state index in [1.54, 1.807) is 36.4 Å². The van der Waals surface area contributed by atoms with Crippen LogP contribution in [0.2, 0.25) is 0 Å². The Hall–Kier alpha value is -2.82. The first-order chi connectivity index (χ1) is 10.1. The molecule has 0 aliphatic carbocycles. The van der Waals surface area contributed by atoms with E-state index in [1.165, 1.54) is 20.3 Å². The van der Waals surface area contributed by atoms with Crippen molar-refractivity contribution >= 4 is 12.2 Å². The molecule has 110 valence electrons. The lowest BCUT2D eigenvalue weighted by Gasteiger charge is -2.12. The molecule has 0 unspecified atom stereocenters. The monoisotopic (exact) mass is 288 g/mol. The van der Waals surface area contributed by atoms with Gasteiger partial charge in [-0.05, 0) is 23.8 Å². The predicted octanol–water partition coefficient (Wildman–Crippen LogP) is 2.99. The first-order valence-corrected chi connectivity index (χ1v) is 6.20. The van der Waals surface area contributed by atoms with E-state index in [2.05, 4.69) is 0 Å². The van der Waals surface area contributed by atoms with Crippen molar-refractivity contribution in [2.45, 2.75) is 0 Å². The molecule has 3 N–H and O–H groups in total. The molecule has 0 saturated heterocycles. The Bertz CT molecular complexity index is 659. The molecule has 0 amide bonds. The van der Waals surface area contributed by atoms with Gasteiger partial charge in [0, 0.05) is 5.56 Å². The topological polar surface area (TPSA) is 79.2 Å². The van der Waals surface area contributed by atoms with Gasteiger partial charge in [-0.3, -0.25) is 0 Å². The van der Waals surface area contributed by atoms with Crippen molar-refractivity contribution < 1.29 is 24.8 Å². The Morgan fingerprint density at radius 1 is 0.857 bits per heavy atom. The Kier molecular flexibility index (Phi) is 4.23. The second-order valence-corrected chi connectivity index (χ2v) is 4.32. The normalized spacial score (nSPS) is 10.8. The summed E-state index contributed by atoms with van der Waals surface area (Å²) in [5.41, 5.74) is 1.35. The number of phenols is 3. The molecule has 0 fully saturated rings. The van der Waals surface area contributed by atoms with Gasteiger partial charge in [-0.2, -0.15) is 0 Å². The van der Waals surface area contributed by atoms with Gasteiger partial charge in [-0.25, -0.2) is 0 Å². The van der Waals surface area contributed by atoms with Crippen molar-refractivity contribution in [3.05, 3.63) is 41.5 Å². The molecule has 21 heavy (non-hydrogen) atoms. The van der Waals surface area contributed by atoms with Gasteiger partial charge >= 0.3 is 0 Å². The maximum atomic E-state index is 10.0. The number of hydrogen-bond donors (Lipinski definition) is 3. The molecule has 0 heterocycles. The van der Waals surface area contributed by atoms with Crippen molar-refractivity contribution in [2.24, 2.45) is 0 Å². The summed E-state index contributed by atoms with van der Waals surface area (Å²) < 4.78 is 10.1. The Labute approximate surface area is 122 Å². The van der Waals surface area contributed by atoms with Crippen LogP contribution in [0.3, 0.4) is 0 Å². The largest absolute Gasteiger partial charge is 0.508 e. The van der Waals surface area contributed by atoms with Gasteiger partial charge < -0.3 is 24.8 Å². The molecule has 5 heteroatoms. The van der Waals surface area contributed by atoms with Crippen LogP contribution < -0.4 is 9.47 Å². The second-order valence-electron chi connectivity index (χ2n) is 4.32. The third kappa shape index (κ3) is 3.02. The zero-order valence-electron chi connectivity index (χ0n) is 11.7. The summed E-state index contributed by atoms with van der Waals surface area (Å²) >= 11 is 0. The minimum Gasteiger partial charge on any atom is -0.508 e. The summed E-state index contributed by atoms with van der Waals surface area (Å²) in [6.45, 7) is 0. The molecule has 0 saturated carbocycles. The maximum Gasteiger partial charge on any atom is 0.206 e. The standard InChI is InChI=1S/C16H16O5/c1-20-15-11(9-13(18)16(21-2)14(15)19)6-3-10-4-7-12(17)8-5-10/h3-9,17-19H,1-2H3. The van der Waals surface area contributed by atoms with Crippen molar-refractivity contribution in [1.29, 1.82) is 0 Å². The van der Waals surface area contributed by atoms with Crippen LogP contribution in [0.25, 0.3) is 12.2 Å². The Morgan fingerprint density at radius 2 is 1.48 bits per heavy atom. The highest BCUT2D eigenvalue weighted by Crippen LogP contribution is 2.45. The van der Waals surface area contributed by atoms with E-state index in [9.17, 15) is 15.3 Å². The number of rotatable bonds is 4. The van der Waals surface area contributed by atoms with E-state index < -0.39 is 0 Å². The maximum absolute atomic E-state index is 10.0. The van der Waals surface area contributed by atoms with E-state index in [1.807, 2.05) is 0 Å². The van der Waals surface area contributed by atoms with E-state index in [0.29, 0.717) is 5.56 Å². The highest BCUT2D eigenvalue weighted by atomic mass is 16.5. The van der Waals surface area contributed by atoms with Crippen LogP contribution in [0.5, 0.6) is 28.7 Å². The summed E-state index contributed by atoms with van der Waals surface area (Å²) in [6, 6.07) is 8.05. The highest BCUT2D eigenvalue weighted by Gasteiger charge is 2.17. The number of benzene rings is 2. The van der Waals surface area contributed by atoms with Crippen molar-refractivity contribution in [3.8, 4) is 28.7 Å². The van der Waals surface area contributed by atoms with Crippen LogP contribution >= 0.6 is 0 Å². The number of aromatic hydroxyl groups is 3. The summed E-state index contributed by atoms with van der Waals surface area (Å²) in [6.07, 6.45) is 3.45. The lowest BCUT2D eigenvalue weighted by Crippen LogP contribution is -1.92. The minimum absolute atomic E-state index is 0.0337. The smallest absolute Gasteiger partial charge is 0.206 e. The average molecular weight is 288 g/mol. The molecule has 0 radical (unpaired) electrons. The van der Waals surface area contributed by atoms with Crippen LogP contribution in [0.15, 0.2) is 30.3 Å². The summed E-state index contributed by atoms with van der Waals surface area (Å²) in [5, 5.41) is 29.1. The second kappa shape index (κ2) is 6.09. The number of hydrogen-bond acceptors (Lipinski definition) is 5. The first kappa shape index (κ1) is 14.6. The Balaban J connectivity index is 2.42. The number of methoxy groups -OCH3 is 2. The fraction of sp³-hybridized carbons (Fsp3) is 0.125. The predicted molar refractivity (Wildman–Crippen MR) is 79.9 cm³/mol. The molecule has 5 nitrogen and oxygen atoms in total. The molecular formula is C16H16O5. The van der Waals surface area contributed by atoms with Crippen LogP contribution in [0.4, 0.5) is 0 Å². The third-order valence-electron chi connectivity index (χ3n) is 2.97. The molecule has 2 rings (SSSR count). The summed E-state index contributed by atoms with van der Waals surface area (Å²) in [4.78, 5) is 0. The van der Waals surface area contributed by atoms with E-state index in [-0.39, 0.29) is 28.7 Å². The molecule has 2 aromatic rings. The van der Waals surface area contributed by atoms with Gasteiger partial charge in [0.05, 0.1) is 14.2 Å². The van der Waals surface area contributed by atoms with Crippen molar-refractivity contribution in [3.63, 3.8) is 0 Å². The molecule has 0 bridgehead atoms. The molecule has 0 atom stereocenters. The number of ether oxygens (including phenoxy) is 2. The highest BCUT2D eigenvalue weighted by molar-refractivity contribution is 5.77. The molecule has 0 aromatic heterocycles. The van der Waals surface area contributed by atoms with Crippen LogP contribution in [0.1, 0.15) is 11.1 Å². The zero-order chi connectivity index (χ0) is 15.4. The molecule has 0 spiro atoms. The van der Waals surface area contributed by atoms with Gasteiger partial charge in [0.15, 0.2) is 11.5 Å². The summed E-state index contributed by atoms with van der Waals surface area (Å²) in [5.74, 6) is -0.0794. The first-order valence-electron chi connectivity index (χ1n) is 6.20. The molecule has 0 aliphatic heterocycles. The van der Waals surface area contributed by atoms with E-state index in [0.717, 1.165) is 5.56 Å². The average Bonchev–Trinajstić information content (AvgIpc) is 2.47. The van der Waals surface area contributed by atoms with Gasteiger partial charge in [0.2, 0.25) is 11.5 Å². The third-order valence-corrected chi connectivity index (χ3v) is 2.97. The van der Waals surface area contributed by atoms with Gasteiger partial charge in [0.25, 0.3) is 0 Å². The minimum atomic E-state index is -0.259. The van der Waals surface area contributed by atoms with Crippen molar-refractivity contribution in [2.75, 3.05) is 14.2 Å². The molecular weight excluding hydrogens is 272 g/mol. The van der Waals surface area contributed by atoms with Crippen LogP contribution in [-0.2, 0) is 0 Å². The Morgan fingerprint density at radius 3 is 2.05 bits per heavy atom. The fourth-order valence-corrected chi connectivity index (χ4v) is 1.95.